The van der Waals surface area contributed by atoms with Crippen LogP contribution in [0.4, 0.5) is 5.13 Å². The number of thioether (sulfide) groups is 1. The summed E-state index contributed by atoms with van der Waals surface area (Å²) in [6.07, 6.45) is 1.69. The molecule has 0 aliphatic carbocycles. The van der Waals surface area contributed by atoms with E-state index in [2.05, 4.69) is 25.5 Å². The molecule has 0 aliphatic heterocycles. The van der Waals surface area contributed by atoms with Crippen LogP contribution < -0.4 is 5.32 Å². The van der Waals surface area contributed by atoms with Crippen molar-refractivity contribution >= 4 is 40.0 Å². The van der Waals surface area contributed by atoms with E-state index in [0.717, 1.165) is 0 Å². The van der Waals surface area contributed by atoms with Crippen molar-refractivity contribution in [2.45, 2.75) is 12.1 Å². The van der Waals surface area contributed by atoms with Gasteiger partial charge in [-0.05, 0) is 19.1 Å². The van der Waals surface area contributed by atoms with E-state index in [4.69, 9.17) is 0 Å². The summed E-state index contributed by atoms with van der Waals surface area (Å²) < 4.78 is 1.79. The Labute approximate surface area is 170 Å². The Morgan fingerprint density at radius 3 is 2.75 bits per heavy atom. The monoisotopic (exact) mass is 417 g/mol. The van der Waals surface area contributed by atoms with Crippen molar-refractivity contribution in [1.29, 1.82) is 0 Å². The molecule has 0 unspecified atom stereocenters. The predicted molar refractivity (Wildman–Crippen MR) is 108 cm³/mol. The van der Waals surface area contributed by atoms with Crippen molar-refractivity contribution in [1.82, 2.24) is 29.6 Å². The second kappa shape index (κ2) is 8.48. The lowest BCUT2D eigenvalue weighted by molar-refractivity contribution is -0.113. The highest BCUT2D eigenvalue weighted by Gasteiger charge is 2.19. The van der Waals surface area contributed by atoms with Crippen LogP contribution in [0.15, 0.2) is 29.6 Å². The molecule has 0 bridgehead atoms. The molecular formula is C17H19N7O2S2. The Morgan fingerprint density at radius 2 is 2.07 bits per heavy atom. The topological polar surface area (TPSA) is 106 Å². The van der Waals surface area contributed by atoms with Gasteiger partial charge in [-0.15, -0.1) is 10.2 Å². The van der Waals surface area contributed by atoms with Crippen LogP contribution in [0.3, 0.4) is 0 Å². The molecule has 1 N–H and O–H groups in total. The van der Waals surface area contributed by atoms with Crippen molar-refractivity contribution in [3.63, 3.8) is 0 Å². The molecule has 0 spiro atoms. The van der Waals surface area contributed by atoms with Gasteiger partial charge in [-0.1, -0.05) is 29.2 Å². The maximum Gasteiger partial charge on any atom is 0.265 e. The highest BCUT2D eigenvalue weighted by molar-refractivity contribution is 7.99. The number of aromatic nitrogens is 5. The number of carbonyl (C=O) groups is 2. The molecule has 28 heavy (non-hydrogen) atoms. The first-order valence-corrected chi connectivity index (χ1v) is 10.1. The minimum atomic E-state index is -0.231. The van der Waals surface area contributed by atoms with Gasteiger partial charge in [-0.25, -0.2) is 4.98 Å². The number of nitrogens with one attached hydrogen (secondary N) is 1. The SMILES string of the molecule is Cc1nc(NC(=O)CSc2nnc(-c3ccccn3)n2C)sc1C(=O)N(C)C. The Hall–Kier alpha value is -2.79. The Morgan fingerprint density at radius 1 is 1.29 bits per heavy atom. The molecule has 0 aliphatic rings. The van der Waals surface area contributed by atoms with Gasteiger partial charge in [0.1, 0.15) is 10.6 Å². The average Bonchev–Trinajstić information content (AvgIpc) is 3.22. The Bertz CT molecular complexity index is 998. The van der Waals surface area contributed by atoms with Gasteiger partial charge in [0.05, 0.1) is 11.4 Å². The number of anilines is 1. The fourth-order valence-electron chi connectivity index (χ4n) is 2.30. The van der Waals surface area contributed by atoms with Crippen LogP contribution in [0, 0.1) is 6.92 Å². The number of amides is 2. The maximum absolute atomic E-state index is 12.3. The van der Waals surface area contributed by atoms with Crippen molar-refractivity contribution in [3.05, 3.63) is 35.0 Å². The molecule has 11 heteroatoms. The van der Waals surface area contributed by atoms with Crippen molar-refractivity contribution in [3.8, 4) is 11.5 Å². The quantitative estimate of drug-likeness (QED) is 0.612. The molecule has 0 saturated heterocycles. The normalized spacial score (nSPS) is 10.7. The van der Waals surface area contributed by atoms with E-state index < -0.39 is 0 Å². The summed E-state index contributed by atoms with van der Waals surface area (Å²) >= 11 is 2.43. The first-order valence-electron chi connectivity index (χ1n) is 8.29. The summed E-state index contributed by atoms with van der Waals surface area (Å²) in [7, 11) is 5.18. The van der Waals surface area contributed by atoms with Gasteiger partial charge in [0, 0.05) is 27.3 Å². The molecule has 0 saturated carbocycles. The largest absolute Gasteiger partial charge is 0.344 e. The smallest absolute Gasteiger partial charge is 0.265 e. The Balaban J connectivity index is 1.62. The van der Waals surface area contributed by atoms with Crippen molar-refractivity contribution in [2.24, 2.45) is 7.05 Å². The lowest BCUT2D eigenvalue weighted by Crippen LogP contribution is -2.21. The first-order chi connectivity index (χ1) is 13.4. The zero-order chi connectivity index (χ0) is 20.3. The number of nitrogens with zero attached hydrogens (tertiary/aromatic N) is 6. The predicted octanol–water partition coefficient (Wildman–Crippen LogP) is 2.07. The maximum atomic E-state index is 12.3. The van der Waals surface area contributed by atoms with Gasteiger partial charge in [0.2, 0.25) is 5.91 Å². The minimum absolute atomic E-state index is 0.133. The van der Waals surface area contributed by atoms with E-state index in [1.165, 1.54) is 28.0 Å². The van der Waals surface area contributed by atoms with Crippen LogP contribution >= 0.6 is 23.1 Å². The van der Waals surface area contributed by atoms with E-state index >= 15 is 0 Å². The molecular weight excluding hydrogens is 398 g/mol. The van der Waals surface area contributed by atoms with Gasteiger partial charge in [0.25, 0.3) is 5.91 Å². The molecule has 3 aromatic rings. The van der Waals surface area contributed by atoms with Crippen molar-refractivity contribution in [2.75, 3.05) is 25.2 Å². The third kappa shape index (κ3) is 4.37. The number of carbonyl (C=O) groups excluding carboxylic acids is 2. The lowest BCUT2D eigenvalue weighted by Gasteiger charge is -2.07. The van der Waals surface area contributed by atoms with Crippen LogP contribution in [0.25, 0.3) is 11.5 Å². The van der Waals surface area contributed by atoms with Gasteiger partial charge >= 0.3 is 0 Å². The summed E-state index contributed by atoms with van der Waals surface area (Å²) in [5.41, 5.74) is 1.31. The molecule has 3 heterocycles. The summed E-state index contributed by atoms with van der Waals surface area (Å²) in [6, 6.07) is 5.56. The molecule has 3 aromatic heterocycles. The Kier molecular flexibility index (Phi) is 6.05. The summed E-state index contributed by atoms with van der Waals surface area (Å²) in [5.74, 6) is 0.408. The lowest BCUT2D eigenvalue weighted by atomic mass is 10.3. The highest BCUT2D eigenvalue weighted by atomic mass is 32.2. The fraction of sp³-hybridized carbons (Fsp3) is 0.294. The molecule has 0 radical (unpaired) electrons. The molecule has 2 amide bonds. The van der Waals surface area contributed by atoms with E-state index in [-0.39, 0.29) is 17.6 Å². The number of pyridine rings is 1. The second-order valence-corrected chi connectivity index (χ2v) is 7.99. The molecule has 0 fully saturated rings. The van der Waals surface area contributed by atoms with Gasteiger partial charge < -0.3 is 14.8 Å². The number of hydrogen-bond acceptors (Lipinski definition) is 8. The number of rotatable bonds is 6. The van der Waals surface area contributed by atoms with Crippen LogP contribution in [0.1, 0.15) is 15.4 Å². The summed E-state index contributed by atoms with van der Waals surface area (Å²) in [6.45, 7) is 1.75. The van der Waals surface area contributed by atoms with Crippen LogP contribution in [0.2, 0.25) is 0 Å². The van der Waals surface area contributed by atoms with Crippen molar-refractivity contribution < 1.29 is 9.59 Å². The number of hydrogen-bond donors (Lipinski definition) is 1. The van der Waals surface area contributed by atoms with E-state index in [9.17, 15) is 9.59 Å². The third-order valence-electron chi connectivity index (χ3n) is 3.70. The summed E-state index contributed by atoms with van der Waals surface area (Å²) in [4.78, 5) is 34.9. The van der Waals surface area contributed by atoms with Crippen LogP contribution in [0.5, 0.6) is 0 Å². The zero-order valence-corrected chi connectivity index (χ0v) is 17.5. The zero-order valence-electron chi connectivity index (χ0n) is 15.8. The molecule has 0 atom stereocenters. The molecule has 146 valence electrons. The molecule has 9 nitrogen and oxygen atoms in total. The fourth-order valence-corrected chi connectivity index (χ4v) is 4.01. The number of thiazole rings is 1. The van der Waals surface area contributed by atoms with Gasteiger partial charge in [0.15, 0.2) is 16.1 Å². The second-order valence-electron chi connectivity index (χ2n) is 6.05. The standard InChI is InChI=1S/C17H19N7O2S2/c1-10-13(15(26)23(2)3)28-16(19-10)20-12(25)9-27-17-22-21-14(24(17)4)11-7-5-6-8-18-11/h5-8H,9H2,1-4H3,(H,19,20,25). The molecule has 3 rings (SSSR count). The van der Waals surface area contributed by atoms with Crippen LogP contribution in [-0.4, -0.2) is 61.3 Å². The van der Waals surface area contributed by atoms with E-state index in [0.29, 0.717) is 32.4 Å². The van der Waals surface area contributed by atoms with E-state index in [1.807, 2.05) is 25.2 Å². The number of aryl methyl sites for hydroxylation is 1. The van der Waals surface area contributed by atoms with E-state index in [1.54, 1.807) is 31.8 Å². The highest BCUT2D eigenvalue weighted by Crippen LogP contribution is 2.25. The average molecular weight is 418 g/mol. The molecule has 0 aromatic carbocycles. The van der Waals surface area contributed by atoms with Crippen LogP contribution in [-0.2, 0) is 11.8 Å². The third-order valence-corrected chi connectivity index (χ3v) is 5.79. The van der Waals surface area contributed by atoms with Gasteiger partial charge in [-0.3, -0.25) is 14.6 Å². The first kappa shape index (κ1) is 20.0. The summed E-state index contributed by atoms with van der Waals surface area (Å²) in [5, 5.41) is 12.0. The minimum Gasteiger partial charge on any atom is -0.344 e. The van der Waals surface area contributed by atoms with Gasteiger partial charge in [-0.2, -0.15) is 0 Å².